The van der Waals surface area contributed by atoms with Crippen molar-refractivity contribution in [1.82, 2.24) is 9.97 Å². The first-order valence-electron chi connectivity index (χ1n) is 6.10. The molecule has 0 saturated heterocycles. The van der Waals surface area contributed by atoms with Gasteiger partial charge in [0, 0.05) is 17.5 Å². The van der Waals surface area contributed by atoms with E-state index in [1.54, 1.807) is 25.1 Å². The summed E-state index contributed by atoms with van der Waals surface area (Å²) in [6.45, 7) is 1.75. The van der Waals surface area contributed by atoms with Gasteiger partial charge in [-0.2, -0.15) is 0 Å². The molecule has 0 unspecified atom stereocenters. The van der Waals surface area contributed by atoms with Crippen LogP contribution in [0.3, 0.4) is 0 Å². The summed E-state index contributed by atoms with van der Waals surface area (Å²) in [6, 6.07) is 6.37. The number of carboxylic acids is 1. The molecule has 0 aliphatic carbocycles. The zero-order chi connectivity index (χ0) is 15.4. The zero-order valence-electron chi connectivity index (χ0n) is 11.5. The first-order chi connectivity index (χ1) is 9.99. The number of H-pyrrole nitrogens is 1. The SMILES string of the molecule is COc1ccc(CSc2nc(C)cc(=O)[nH]2)cc1C(=O)O. The summed E-state index contributed by atoms with van der Waals surface area (Å²) >= 11 is 1.34. The summed E-state index contributed by atoms with van der Waals surface area (Å²) in [7, 11) is 1.43. The maximum Gasteiger partial charge on any atom is 0.339 e. The average Bonchev–Trinajstić information content (AvgIpc) is 2.43. The lowest BCUT2D eigenvalue weighted by Gasteiger charge is -2.07. The maximum absolute atomic E-state index is 11.3. The van der Waals surface area contributed by atoms with Gasteiger partial charge in [0.15, 0.2) is 5.16 Å². The molecule has 6 nitrogen and oxygen atoms in total. The van der Waals surface area contributed by atoms with Crippen LogP contribution in [0.5, 0.6) is 5.75 Å². The Morgan fingerprint density at radius 2 is 2.19 bits per heavy atom. The van der Waals surface area contributed by atoms with Crippen LogP contribution < -0.4 is 10.3 Å². The molecular formula is C14H14N2O4S. The van der Waals surface area contributed by atoms with Crippen molar-refractivity contribution >= 4 is 17.7 Å². The van der Waals surface area contributed by atoms with Crippen molar-refractivity contribution < 1.29 is 14.6 Å². The largest absolute Gasteiger partial charge is 0.496 e. The van der Waals surface area contributed by atoms with E-state index >= 15 is 0 Å². The van der Waals surface area contributed by atoms with Crippen molar-refractivity contribution in [3.8, 4) is 5.75 Å². The Balaban J connectivity index is 2.18. The van der Waals surface area contributed by atoms with E-state index in [2.05, 4.69) is 9.97 Å². The normalized spacial score (nSPS) is 10.4. The van der Waals surface area contributed by atoms with Gasteiger partial charge in [-0.3, -0.25) is 4.79 Å². The van der Waals surface area contributed by atoms with Crippen LogP contribution in [-0.2, 0) is 5.75 Å². The summed E-state index contributed by atoms with van der Waals surface area (Å²) < 4.78 is 5.01. The molecule has 1 heterocycles. The van der Waals surface area contributed by atoms with Gasteiger partial charge in [-0.05, 0) is 24.6 Å². The van der Waals surface area contributed by atoms with Crippen LogP contribution in [0.25, 0.3) is 0 Å². The van der Waals surface area contributed by atoms with Gasteiger partial charge in [-0.25, -0.2) is 9.78 Å². The molecule has 0 aliphatic rings. The molecule has 0 aliphatic heterocycles. The second-order valence-corrected chi connectivity index (χ2v) is 5.28. The number of aryl methyl sites for hydroxylation is 1. The Hall–Kier alpha value is -2.28. The molecule has 0 spiro atoms. The van der Waals surface area contributed by atoms with Gasteiger partial charge in [-0.15, -0.1) is 0 Å². The maximum atomic E-state index is 11.3. The molecule has 21 heavy (non-hydrogen) atoms. The second-order valence-electron chi connectivity index (χ2n) is 4.32. The van der Waals surface area contributed by atoms with Gasteiger partial charge >= 0.3 is 5.97 Å². The minimum absolute atomic E-state index is 0.112. The first-order valence-corrected chi connectivity index (χ1v) is 7.09. The van der Waals surface area contributed by atoms with E-state index in [0.29, 0.717) is 22.4 Å². The number of thioether (sulfide) groups is 1. The number of hydrogen-bond acceptors (Lipinski definition) is 5. The molecule has 2 N–H and O–H groups in total. The lowest BCUT2D eigenvalue weighted by atomic mass is 10.1. The van der Waals surface area contributed by atoms with Crippen LogP contribution >= 0.6 is 11.8 Å². The fraction of sp³-hybridized carbons (Fsp3) is 0.214. The standard InChI is InChI=1S/C14H14N2O4S/c1-8-5-12(17)16-14(15-8)21-7-9-3-4-11(20-2)10(6-9)13(18)19/h3-6H,7H2,1-2H3,(H,18,19)(H,15,16,17). The Morgan fingerprint density at radius 3 is 2.81 bits per heavy atom. The zero-order valence-corrected chi connectivity index (χ0v) is 12.4. The number of aromatic nitrogens is 2. The highest BCUT2D eigenvalue weighted by Gasteiger charge is 2.12. The molecule has 2 aromatic rings. The molecule has 1 aromatic carbocycles. The molecule has 0 saturated carbocycles. The molecular weight excluding hydrogens is 292 g/mol. The molecule has 0 radical (unpaired) electrons. The molecule has 0 bridgehead atoms. The quantitative estimate of drug-likeness (QED) is 0.649. The number of nitrogens with one attached hydrogen (secondary N) is 1. The average molecular weight is 306 g/mol. The number of nitrogens with zero attached hydrogens (tertiary/aromatic N) is 1. The minimum Gasteiger partial charge on any atom is -0.496 e. The number of methoxy groups -OCH3 is 1. The third-order valence-electron chi connectivity index (χ3n) is 2.72. The Bertz CT molecular complexity index is 727. The molecule has 1 aromatic heterocycles. The van der Waals surface area contributed by atoms with Crippen LogP contribution in [0.2, 0.25) is 0 Å². The number of carboxylic acid groups (broad SMARTS) is 1. The Morgan fingerprint density at radius 1 is 1.43 bits per heavy atom. The van der Waals surface area contributed by atoms with Gasteiger partial charge in [0.25, 0.3) is 5.56 Å². The fourth-order valence-electron chi connectivity index (χ4n) is 1.78. The molecule has 2 rings (SSSR count). The lowest BCUT2D eigenvalue weighted by molar-refractivity contribution is 0.0693. The summed E-state index contributed by atoms with van der Waals surface area (Å²) in [5, 5.41) is 9.64. The van der Waals surface area contributed by atoms with E-state index < -0.39 is 5.97 Å². The van der Waals surface area contributed by atoms with Crippen molar-refractivity contribution in [2.24, 2.45) is 0 Å². The summed E-state index contributed by atoms with van der Waals surface area (Å²) in [6.07, 6.45) is 0. The monoisotopic (exact) mass is 306 g/mol. The molecule has 0 amide bonds. The highest BCUT2D eigenvalue weighted by atomic mass is 32.2. The van der Waals surface area contributed by atoms with E-state index in [9.17, 15) is 9.59 Å². The van der Waals surface area contributed by atoms with E-state index in [-0.39, 0.29) is 11.1 Å². The highest BCUT2D eigenvalue weighted by Crippen LogP contribution is 2.24. The second kappa shape index (κ2) is 6.45. The predicted octanol–water partition coefficient (Wildman–Crippen LogP) is 2.08. The van der Waals surface area contributed by atoms with Crippen molar-refractivity contribution in [3.63, 3.8) is 0 Å². The van der Waals surface area contributed by atoms with Crippen LogP contribution in [0.15, 0.2) is 34.2 Å². The van der Waals surface area contributed by atoms with Crippen molar-refractivity contribution in [2.45, 2.75) is 17.8 Å². The number of hydrogen-bond donors (Lipinski definition) is 2. The third-order valence-corrected chi connectivity index (χ3v) is 3.66. The van der Waals surface area contributed by atoms with Crippen molar-refractivity contribution in [3.05, 3.63) is 51.4 Å². The third kappa shape index (κ3) is 3.85. The first kappa shape index (κ1) is 15.1. The van der Waals surface area contributed by atoms with Gasteiger partial charge in [-0.1, -0.05) is 17.8 Å². The van der Waals surface area contributed by atoms with Gasteiger partial charge in [0.05, 0.1) is 7.11 Å². The molecule has 0 atom stereocenters. The number of aromatic amines is 1. The number of ether oxygens (including phenoxy) is 1. The topological polar surface area (TPSA) is 92.3 Å². The van der Waals surface area contributed by atoms with Gasteiger partial charge in [0.1, 0.15) is 11.3 Å². The molecule has 7 heteroatoms. The Labute approximate surface area is 125 Å². The summed E-state index contributed by atoms with van der Waals surface area (Å²) in [4.78, 5) is 29.3. The minimum atomic E-state index is -1.04. The highest BCUT2D eigenvalue weighted by molar-refractivity contribution is 7.98. The van der Waals surface area contributed by atoms with Crippen molar-refractivity contribution in [2.75, 3.05) is 7.11 Å². The van der Waals surface area contributed by atoms with Crippen LogP contribution in [-0.4, -0.2) is 28.2 Å². The van der Waals surface area contributed by atoms with E-state index in [0.717, 1.165) is 5.56 Å². The number of benzene rings is 1. The van der Waals surface area contributed by atoms with E-state index in [4.69, 9.17) is 9.84 Å². The number of carbonyl (C=O) groups is 1. The van der Waals surface area contributed by atoms with Crippen LogP contribution in [0.4, 0.5) is 0 Å². The van der Waals surface area contributed by atoms with Crippen molar-refractivity contribution in [1.29, 1.82) is 0 Å². The summed E-state index contributed by atoms with van der Waals surface area (Å²) in [5.74, 6) is -0.226. The van der Waals surface area contributed by atoms with Crippen LogP contribution in [0, 0.1) is 6.92 Å². The van der Waals surface area contributed by atoms with Gasteiger partial charge in [0.2, 0.25) is 0 Å². The predicted molar refractivity (Wildman–Crippen MR) is 79.1 cm³/mol. The van der Waals surface area contributed by atoms with Gasteiger partial charge < -0.3 is 14.8 Å². The van der Waals surface area contributed by atoms with E-state index in [1.165, 1.54) is 24.9 Å². The van der Waals surface area contributed by atoms with Crippen LogP contribution in [0.1, 0.15) is 21.6 Å². The molecule has 110 valence electrons. The lowest BCUT2D eigenvalue weighted by Crippen LogP contribution is -2.08. The smallest absolute Gasteiger partial charge is 0.339 e. The number of aromatic carboxylic acids is 1. The molecule has 0 fully saturated rings. The summed E-state index contributed by atoms with van der Waals surface area (Å²) in [5.41, 5.74) is 1.36. The number of rotatable bonds is 5. The fourth-order valence-corrected chi connectivity index (χ4v) is 2.65. The van der Waals surface area contributed by atoms with E-state index in [1.807, 2.05) is 0 Å². The Kier molecular flexibility index (Phi) is 4.64.